The number of carbonyl (C=O) groups excluding carboxylic acids is 1. The monoisotopic (exact) mass is 556 g/mol. The largest absolute Gasteiger partial charge is 0.507 e. The Morgan fingerprint density at radius 3 is 2.51 bits per heavy atom. The van der Waals surface area contributed by atoms with E-state index in [1.54, 1.807) is 36.4 Å². The molecule has 0 saturated carbocycles. The van der Waals surface area contributed by atoms with E-state index in [0.29, 0.717) is 24.0 Å². The normalized spacial score (nSPS) is 19.6. The number of hydrogen-bond donors (Lipinski definition) is 2. The van der Waals surface area contributed by atoms with Gasteiger partial charge in [-0.3, -0.25) is 9.05 Å². The Balaban J connectivity index is 1.90. The van der Waals surface area contributed by atoms with Crippen LogP contribution in [-0.2, 0) is 31.4 Å². The molecule has 0 aromatic heterocycles. The molecule has 0 amide bonds. The first-order valence-electron chi connectivity index (χ1n) is 13.6. The molecule has 2 N–H and O–H groups in total. The number of phenolic OH excluding ortho intramolecular Hbond substituents is 1. The lowest BCUT2D eigenvalue weighted by molar-refractivity contribution is -0.143. The molecule has 0 fully saturated rings. The highest BCUT2D eigenvalue weighted by atomic mass is 31.2. The highest BCUT2D eigenvalue weighted by molar-refractivity contribution is 7.47. The number of phosphoric ester groups is 1. The molecule has 2 aromatic carbocycles. The van der Waals surface area contributed by atoms with Crippen molar-refractivity contribution in [3.8, 4) is 11.5 Å². The maximum atomic E-state index is 13.4. The van der Waals surface area contributed by atoms with Gasteiger partial charge in [-0.2, -0.15) is 0 Å². The summed E-state index contributed by atoms with van der Waals surface area (Å²) in [6, 6.07) is 12.4. The second-order valence-corrected chi connectivity index (χ2v) is 11.7. The third kappa shape index (κ3) is 8.64. The van der Waals surface area contributed by atoms with Crippen LogP contribution in [0.15, 0.2) is 66.3 Å². The molecule has 0 radical (unpaired) electrons. The number of benzene rings is 2. The molecule has 0 saturated heterocycles. The first-order chi connectivity index (χ1) is 18.5. The Bertz CT molecular complexity index is 1220. The van der Waals surface area contributed by atoms with Crippen molar-refractivity contribution in [2.75, 3.05) is 0 Å². The van der Waals surface area contributed by atoms with E-state index in [4.69, 9.17) is 13.8 Å². The van der Waals surface area contributed by atoms with E-state index >= 15 is 0 Å². The minimum atomic E-state index is -4.57. The van der Waals surface area contributed by atoms with Crippen molar-refractivity contribution in [1.82, 2.24) is 0 Å². The number of phenols is 1. The smallest absolute Gasteiger partial charge is 0.473 e. The fourth-order valence-electron chi connectivity index (χ4n) is 5.00. The average molecular weight is 557 g/mol. The molecule has 2 aromatic rings. The first-order valence-corrected chi connectivity index (χ1v) is 15.1. The van der Waals surface area contributed by atoms with Gasteiger partial charge in [0, 0.05) is 11.5 Å². The van der Waals surface area contributed by atoms with Gasteiger partial charge in [0.05, 0.1) is 6.61 Å². The van der Waals surface area contributed by atoms with Crippen LogP contribution in [0.1, 0.15) is 82.4 Å². The molecule has 0 heterocycles. The van der Waals surface area contributed by atoms with E-state index in [-0.39, 0.29) is 36.4 Å². The van der Waals surface area contributed by atoms with Crippen molar-refractivity contribution < 1.29 is 33.1 Å². The molecule has 0 bridgehead atoms. The Kier molecular flexibility index (Phi) is 11.1. The maximum Gasteiger partial charge on any atom is 0.473 e. The van der Waals surface area contributed by atoms with Gasteiger partial charge in [0.2, 0.25) is 0 Å². The number of ether oxygens (including phenoxy) is 1. The highest BCUT2D eigenvalue weighted by Gasteiger charge is 2.35. The van der Waals surface area contributed by atoms with Crippen LogP contribution in [0.2, 0.25) is 0 Å². The molecule has 1 aliphatic carbocycles. The first kappa shape index (κ1) is 30.8. The van der Waals surface area contributed by atoms with Crippen molar-refractivity contribution in [2.45, 2.75) is 84.8 Å². The predicted octanol–water partition coefficient (Wildman–Crippen LogP) is 7.77. The van der Waals surface area contributed by atoms with Gasteiger partial charge in [-0.05, 0) is 68.7 Å². The van der Waals surface area contributed by atoms with Crippen molar-refractivity contribution >= 4 is 13.8 Å². The molecule has 0 spiro atoms. The summed E-state index contributed by atoms with van der Waals surface area (Å²) in [5, 5.41) is 11.2. The molecular weight excluding hydrogens is 515 g/mol. The SMILES string of the molecule is C=C(C)[C@@H]1CCC(C)=C[C@H]1c1c(O)cc(CCC)cc1OC(=O)C(CCC)OP(=O)(O)OCc1ccccc1. The predicted molar refractivity (Wildman–Crippen MR) is 153 cm³/mol. The zero-order valence-electron chi connectivity index (χ0n) is 23.4. The van der Waals surface area contributed by atoms with Crippen LogP contribution in [0.3, 0.4) is 0 Å². The van der Waals surface area contributed by atoms with E-state index in [1.807, 2.05) is 26.8 Å². The Morgan fingerprint density at radius 1 is 1.15 bits per heavy atom. The van der Waals surface area contributed by atoms with E-state index in [1.165, 1.54) is 5.57 Å². The second kappa shape index (κ2) is 14.1. The molecule has 212 valence electrons. The van der Waals surface area contributed by atoms with Crippen LogP contribution in [-0.4, -0.2) is 22.1 Å². The number of aryl methyl sites for hydroxylation is 1. The summed E-state index contributed by atoms with van der Waals surface area (Å²) >= 11 is 0. The maximum absolute atomic E-state index is 13.4. The molecule has 7 nitrogen and oxygen atoms in total. The van der Waals surface area contributed by atoms with Gasteiger partial charge in [-0.25, -0.2) is 9.36 Å². The van der Waals surface area contributed by atoms with Crippen LogP contribution < -0.4 is 4.74 Å². The lowest BCUT2D eigenvalue weighted by Crippen LogP contribution is -2.29. The number of rotatable bonds is 13. The van der Waals surface area contributed by atoms with Crippen molar-refractivity contribution in [2.24, 2.45) is 5.92 Å². The van der Waals surface area contributed by atoms with Gasteiger partial charge < -0.3 is 14.7 Å². The lowest BCUT2D eigenvalue weighted by Gasteiger charge is -2.32. The van der Waals surface area contributed by atoms with Crippen molar-refractivity contribution in [3.05, 3.63) is 83.0 Å². The van der Waals surface area contributed by atoms with Gasteiger partial charge in [-0.1, -0.05) is 80.8 Å². The molecule has 3 rings (SSSR count). The molecule has 0 aliphatic heterocycles. The molecular formula is C31H41O7P. The summed E-state index contributed by atoms with van der Waals surface area (Å²) in [7, 11) is -4.57. The standard InChI is InChI=1S/C31H41O7P/c1-6-11-24-18-27(32)30(26-17-22(5)15-16-25(26)21(3)4)29(19-24)37-31(33)28(12-7-2)38-39(34,35)36-20-23-13-9-8-10-14-23/h8-10,13-14,17-19,25-26,28,32H,3,6-7,11-12,15-16,20H2,1-2,4-5H3,(H,34,35)/t25-,26+,28?/m0/s1. The minimum absolute atomic E-state index is 0.0536. The van der Waals surface area contributed by atoms with Crippen LogP contribution in [0.5, 0.6) is 11.5 Å². The van der Waals surface area contributed by atoms with Gasteiger partial charge in [0.25, 0.3) is 0 Å². The Labute approximate surface area is 232 Å². The van der Waals surface area contributed by atoms with Gasteiger partial charge in [-0.15, -0.1) is 0 Å². The Hall–Kier alpha value is -2.70. The summed E-state index contributed by atoms with van der Waals surface area (Å²) < 4.78 is 29.1. The summed E-state index contributed by atoms with van der Waals surface area (Å²) in [4.78, 5) is 23.8. The van der Waals surface area contributed by atoms with E-state index in [0.717, 1.165) is 30.4 Å². The van der Waals surface area contributed by atoms with Crippen molar-refractivity contribution in [1.29, 1.82) is 0 Å². The van der Waals surface area contributed by atoms with E-state index < -0.39 is 19.9 Å². The number of phosphoric acid groups is 1. The number of carbonyl (C=O) groups is 1. The third-order valence-corrected chi connectivity index (χ3v) is 7.93. The van der Waals surface area contributed by atoms with Gasteiger partial charge in [0.1, 0.15) is 11.5 Å². The molecule has 2 unspecified atom stereocenters. The molecule has 39 heavy (non-hydrogen) atoms. The number of allylic oxidation sites excluding steroid dienone is 3. The number of hydrogen-bond acceptors (Lipinski definition) is 6. The fraction of sp³-hybridized carbons (Fsp3) is 0.452. The fourth-order valence-corrected chi connectivity index (χ4v) is 5.88. The minimum Gasteiger partial charge on any atom is -0.507 e. The zero-order chi connectivity index (χ0) is 28.6. The second-order valence-electron chi connectivity index (χ2n) is 10.3. The molecule has 1 aliphatic rings. The lowest BCUT2D eigenvalue weighted by atomic mass is 9.73. The van der Waals surface area contributed by atoms with Crippen molar-refractivity contribution in [3.63, 3.8) is 0 Å². The summed E-state index contributed by atoms with van der Waals surface area (Å²) in [5.41, 5.74) is 4.22. The van der Waals surface area contributed by atoms with E-state index in [9.17, 15) is 19.4 Å². The van der Waals surface area contributed by atoms with Crippen LogP contribution >= 0.6 is 7.82 Å². The summed E-state index contributed by atoms with van der Waals surface area (Å²) in [5.74, 6) is -0.683. The van der Waals surface area contributed by atoms with Gasteiger partial charge in [0.15, 0.2) is 6.10 Å². The molecule has 8 heteroatoms. The quantitative estimate of drug-likeness (QED) is 0.112. The average Bonchev–Trinajstić information content (AvgIpc) is 2.87. The van der Waals surface area contributed by atoms with Crippen LogP contribution in [0.4, 0.5) is 0 Å². The van der Waals surface area contributed by atoms with Gasteiger partial charge >= 0.3 is 13.8 Å². The number of esters is 1. The number of aromatic hydroxyl groups is 1. The van der Waals surface area contributed by atoms with Crippen LogP contribution in [0.25, 0.3) is 0 Å². The summed E-state index contributed by atoms with van der Waals surface area (Å²) in [6.07, 6.45) is 4.78. The summed E-state index contributed by atoms with van der Waals surface area (Å²) in [6.45, 7) is 11.9. The topological polar surface area (TPSA) is 102 Å². The third-order valence-electron chi connectivity index (χ3n) is 6.95. The highest BCUT2D eigenvalue weighted by Crippen LogP contribution is 2.48. The Morgan fingerprint density at radius 2 is 1.87 bits per heavy atom. The van der Waals surface area contributed by atoms with E-state index in [2.05, 4.69) is 19.6 Å². The molecule has 4 atom stereocenters. The zero-order valence-corrected chi connectivity index (χ0v) is 24.3. The van der Waals surface area contributed by atoms with Crippen LogP contribution in [0, 0.1) is 5.92 Å².